The van der Waals surface area contributed by atoms with Gasteiger partial charge in [-0.25, -0.2) is 9.78 Å². The Labute approximate surface area is 168 Å². The molecule has 0 aliphatic rings. The first kappa shape index (κ1) is 22.2. The van der Waals surface area contributed by atoms with Crippen LogP contribution in [0.3, 0.4) is 0 Å². The highest BCUT2D eigenvalue weighted by molar-refractivity contribution is 14.1. The number of halogens is 1. The maximum Gasteiger partial charge on any atom is 0.410 e. The molecule has 1 aromatic heterocycles. The lowest BCUT2D eigenvalue weighted by Gasteiger charge is -2.26. The number of carbonyl (C=O) groups excluding carboxylic acids is 2. The van der Waals surface area contributed by atoms with Gasteiger partial charge in [0.25, 0.3) is 0 Å². The number of amides is 2. The second-order valence-electron chi connectivity index (χ2n) is 6.51. The van der Waals surface area contributed by atoms with Gasteiger partial charge in [-0.2, -0.15) is 0 Å². The van der Waals surface area contributed by atoms with Gasteiger partial charge in [0, 0.05) is 29.3 Å². The summed E-state index contributed by atoms with van der Waals surface area (Å²) in [6, 6.07) is 3.72. The van der Waals surface area contributed by atoms with Crippen LogP contribution in [0.2, 0.25) is 0 Å². The zero-order valence-corrected chi connectivity index (χ0v) is 18.0. The van der Waals surface area contributed by atoms with Crippen LogP contribution in [0.1, 0.15) is 26.5 Å². The van der Waals surface area contributed by atoms with Crippen molar-refractivity contribution in [3.63, 3.8) is 0 Å². The molecule has 0 unspecified atom stereocenters. The number of pyridine rings is 1. The van der Waals surface area contributed by atoms with Crippen molar-refractivity contribution >= 4 is 34.6 Å². The number of rotatable bonds is 7. The molecule has 0 bridgehead atoms. The van der Waals surface area contributed by atoms with Crippen molar-refractivity contribution in [2.45, 2.75) is 33.3 Å². The van der Waals surface area contributed by atoms with Crippen LogP contribution in [0.15, 0.2) is 24.3 Å². The highest BCUT2D eigenvalue weighted by Gasteiger charge is 2.21. The summed E-state index contributed by atoms with van der Waals surface area (Å²) in [6.07, 6.45) is 2.52. The molecule has 7 nitrogen and oxygen atoms in total. The molecule has 0 fully saturated rings. The van der Waals surface area contributed by atoms with Crippen LogP contribution in [0.25, 0.3) is 0 Å². The fourth-order valence-corrected chi connectivity index (χ4v) is 2.12. The number of carbonyl (C=O) groups is 2. The summed E-state index contributed by atoms with van der Waals surface area (Å²) >= 11 is 2.21. The van der Waals surface area contributed by atoms with E-state index in [0.717, 1.165) is 9.26 Å². The topological polar surface area (TPSA) is 80.8 Å². The standard InChI is InChI=1S/C18H26IN3O4/c1-13-14(19)8-9-16(21-13)25-12-11-22(10-6-7-15(23)20-5)17(24)26-18(2,3)4/h6-9H,10-12H2,1-5H3,(H,20,23)/b7-6+. The Balaban J connectivity index is 2.67. The fraction of sp³-hybridized carbons (Fsp3) is 0.500. The maximum atomic E-state index is 12.3. The smallest absolute Gasteiger partial charge is 0.410 e. The summed E-state index contributed by atoms with van der Waals surface area (Å²) in [7, 11) is 1.54. The predicted octanol–water partition coefficient (Wildman–Crippen LogP) is 2.91. The van der Waals surface area contributed by atoms with E-state index in [1.807, 2.05) is 13.0 Å². The van der Waals surface area contributed by atoms with Gasteiger partial charge in [-0.3, -0.25) is 4.79 Å². The molecular formula is C18H26IN3O4. The van der Waals surface area contributed by atoms with E-state index >= 15 is 0 Å². The lowest BCUT2D eigenvalue weighted by Crippen LogP contribution is -2.39. The van der Waals surface area contributed by atoms with Crippen LogP contribution in [0, 0.1) is 10.5 Å². The minimum atomic E-state index is -0.602. The van der Waals surface area contributed by atoms with Crippen molar-refractivity contribution in [3.05, 3.63) is 33.5 Å². The molecule has 1 aromatic rings. The Bertz CT molecular complexity index is 656. The van der Waals surface area contributed by atoms with E-state index in [1.54, 1.807) is 40.0 Å². The number of nitrogens with zero attached hydrogens (tertiary/aromatic N) is 2. The molecule has 0 atom stereocenters. The van der Waals surface area contributed by atoms with Gasteiger partial charge in [0.1, 0.15) is 12.2 Å². The van der Waals surface area contributed by atoms with Crippen molar-refractivity contribution in [3.8, 4) is 5.88 Å². The largest absolute Gasteiger partial charge is 0.476 e. The van der Waals surface area contributed by atoms with Crippen molar-refractivity contribution < 1.29 is 19.1 Å². The minimum Gasteiger partial charge on any atom is -0.476 e. The second-order valence-corrected chi connectivity index (χ2v) is 7.67. The number of likely N-dealkylation sites (N-methyl/N-ethyl adjacent to an activating group) is 1. The van der Waals surface area contributed by atoms with Gasteiger partial charge in [-0.05, 0) is 56.4 Å². The molecule has 8 heteroatoms. The van der Waals surface area contributed by atoms with Gasteiger partial charge < -0.3 is 19.7 Å². The zero-order chi connectivity index (χ0) is 19.7. The highest BCUT2D eigenvalue weighted by atomic mass is 127. The Hall–Kier alpha value is -1.84. The summed E-state index contributed by atoms with van der Waals surface area (Å²) in [5.41, 5.74) is 0.288. The molecule has 2 amide bonds. The monoisotopic (exact) mass is 475 g/mol. The first-order valence-corrected chi connectivity index (χ1v) is 9.32. The third kappa shape index (κ3) is 8.50. The Kier molecular flexibility index (Phi) is 8.83. The first-order valence-electron chi connectivity index (χ1n) is 8.24. The molecule has 0 aliphatic carbocycles. The van der Waals surface area contributed by atoms with Gasteiger partial charge in [0.2, 0.25) is 11.8 Å². The molecule has 0 saturated carbocycles. The van der Waals surface area contributed by atoms with Gasteiger partial charge in [-0.15, -0.1) is 0 Å². The third-order valence-corrected chi connectivity index (χ3v) is 4.24. The molecule has 1 rings (SSSR count). The van der Waals surface area contributed by atoms with E-state index in [4.69, 9.17) is 9.47 Å². The van der Waals surface area contributed by atoms with E-state index in [9.17, 15) is 9.59 Å². The molecule has 0 radical (unpaired) electrons. The fourth-order valence-electron chi connectivity index (χ4n) is 1.82. The predicted molar refractivity (Wildman–Crippen MR) is 108 cm³/mol. The van der Waals surface area contributed by atoms with Gasteiger partial charge in [0.05, 0.1) is 12.2 Å². The van der Waals surface area contributed by atoms with Gasteiger partial charge >= 0.3 is 6.09 Å². The summed E-state index contributed by atoms with van der Waals surface area (Å²) in [6.45, 7) is 8.13. The third-order valence-electron chi connectivity index (χ3n) is 3.10. The summed E-state index contributed by atoms with van der Waals surface area (Å²) < 4.78 is 12.1. The molecule has 0 spiro atoms. The number of nitrogens with one attached hydrogen (secondary N) is 1. The van der Waals surface area contributed by atoms with Crippen molar-refractivity contribution in [1.82, 2.24) is 15.2 Å². The Morgan fingerprint density at radius 2 is 2.04 bits per heavy atom. The van der Waals surface area contributed by atoms with Gasteiger partial charge in [0.15, 0.2) is 0 Å². The van der Waals surface area contributed by atoms with Gasteiger partial charge in [-0.1, -0.05) is 6.08 Å². The molecule has 1 heterocycles. The number of ether oxygens (including phenoxy) is 2. The van der Waals surface area contributed by atoms with E-state index in [2.05, 4.69) is 32.9 Å². The quantitative estimate of drug-likeness (QED) is 0.485. The molecular weight excluding hydrogens is 449 g/mol. The lowest BCUT2D eigenvalue weighted by molar-refractivity contribution is -0.116. The molecule has 0 saturated heterocycles. The SMILES string of the molecule is CNC(=O)/C=C/CN(CCOc1ccc(I)c(C)n1)C(=O)OC(C)(C)C. The van der Waals surface area contributed by atoms with Crippen molar-refractivity contribution in [2.24, 2.45) is 0 Å². The second kappa shape index (κ2) is 10.3. The number of hydrogen-bond donors (Lipinski definition) is 1. The highest BCUT2D eigenvalue weighted by Crippen LogP contribution is 2.14. The van der Waals surface area contributed by atoms with Crippen LogP contribution in [-0.4, -0.2) is 54.2 Å². The maximum absolute atomic E-state index is 12.3. The minimum absolute atomic E-state index is 0.232. The zero-order valence-electron chi connectivity index (χ0n) is 15.8. The van der Waals surface area contributed by atoms with Crippen LogP contribution >= 0.6 is 22.6 Å². The lowest BCUT2D eigenvalue weighted by atomic mass is 10.2. The van der Waals surface area contributed by atoms with E-state index < -0.39 is 11.7 Å². The normalized spacial score (nSPS) is 11.3. The van der Waals surface area contributed by atoms with Crippen LogP contribution in [0.5, 0.6) is 5.88 Å². The van der Waals surface area contributed by atoms with Crippen LogP contribution < -0.4 is 10.1 Å². The van der Waals surface area contributed by atoms with E-state index in [1.165, 1.54) is 11.0 Å². The average Bonchev–Trinajstić information content (AvgIpc) is 2.54. The van der Waals surface area contributed by atoms with E-state index in [0.29, 0.717) is 12.4 Å². The average molecular weight is 475 g/mol. The van der Waals surface area contributed by atoms with Crippen LogP contribution in [-0.2, 0) is 9.53 Å². The molecule has 144 valence electrons. The van der Waals surface area contributed by atoms with Crippen LogP contribution in [0.4, 0.5) is 4.79 Å². The Morgan fingerprint density at radius 1 is 1.35 bits per heavy atom. The summed E-state index contributed by atoms with van der Waals surface area (Å²) in [5, 5.41) is 2.49. The summed E-state index contributed by atoms with van der Waals surface area (Å²) in [5.74, 6) is 0.275. The molecule has 1 N–H and O–H groups in total. The molecule has 0 aromatic carbocycles. The number of aryl methyl sites for hydroxylation is 1. The molecule has 0 aliphatic heterocycles. The van der Waals surface area contributed by atoms with Crippen molar-refractivity contribution in [1.29, 1.82) is 0 Å². The van der Waals surface area contributed by atoms with E-state index in [-0.39, 0.29) is 19.1 Å². The molecule has 26 heavy (non-hydrogen) atoms. The first-order chi connectivity index (χ1) is 12.1. The summed E-state index contributed by atoms with van der Waals surface area (Å²) in [4.78, 5) is 29.4. The van der Waals surface area contributed by atoms with Crippen molar-refractivity contribution in [2.75, 3.05) is 26.7 Å². The number of hydrogen-bond acceptors (Lipinski definition) is 5. The number of aromatic nitrogens is 1. The Morgan fingerprint density at radius 3 is 2.62 bits per heavy atom.